The van der Waals surface area contributed by atoms with Gasteiger partial charge in [-0.15, -0.1) is 0 Å². The number of rotatable bonds is 2. The van der Waals surface area contributed by atoms with Crippen LogP contribution in [-0.2, 0) is 4.74 Å². The number of morpholine rings is 1. The van der Waals surface area contributed by atoms with Crippen molar-refractivity contribution in [1.82, 2.24) is 4.98 Å². The van der Waals surface area contributed by atoms with Gasteiger partial charge in [-0.2, -0.15) is 16.6 Å². The lowest BCUT2D eigenvalue weighted by atomic mass is 10.1. The van der Waals surface area contributed by atoms with Gasteiger partial charge in [-0.3, -0.25) is 0 Å². The van der Waals surface area contributed by atoms with Crippen LogP contribution >= 0.6 is 11.3 Å². The third kappa shape index (κ3) is 2.67. The molecule has 0 aliphatic carbocycles. The number of ether oxygens (including phenoxy) is 1. The SMILES string of the molecule is C[C@@H]1CN(c2ccc(C#N)nc2)C[C@H](c2ccsc2)O1. The molecule has 0 aromatic carbocycles. The van der Waals surface area contributed by atoms with E-state index in [0.717, 1.165) is 18.8 Å². The Morgan fingerprint density at radius 1 is 1.40 bits per heavy atom. The van der Waals surface area contributed by atoms with Crippen LogP contribution in [0.1, 0.15) is 24.3 Å². The maximum Gasteiger partial charge on any atom is 0.140 e. The standard InChI is InChI=1S/C15H15N3OS/c1-11-8-18(14-3-2-13(6-16)17-7-14)9-15(19-11)12-4-5-20-10-12/h2-5,7,10-11,15H,8-9H2,1H3/t11-,15-/m1/s1. The average Bonchev–Trinajstić information content (AvgIpc) is 3.01. The Hall–Kier alpha value is -1.90. The molecule has 0 amide bonds. The minimum atomic E-state index is 0.0978. The molecule has 102 valence electrons. The zero-order valence-corrected chi connectivity index (χ0v) is 12.0. The molecule has 1 aliphatic heterocycles. The number of nitriles is 1. The highest BCUT2D eigenvalue weighted by Gasteiger charge is 2.27. The largest absolute Gasteiger partial charge is 0.367 e. The van der Waals surface area contributed by atoms with Crippen molar-refractivity contribution in [3.8, 4) is 6.07 Å². The van der Waals surface area contributed by atoms with Crippen LogP contribution in [0.2, 0.25) is 0 Å². The minimum absolute atomic E-state index is 0.0978. The Labute approximate surface area is 122 Å². The fourth-order valence-corrected chi connectivity index (χ4v) is 3.15. The van der Waals surface area contributed by atoms with Gasteiger partial charge in [-0.1, -0.05) is 0 Å². The average molecular weight is 285 g/mol. The van der Waals surface area contributed by atoms with Crippen molar-refractivity contribution in [2.24, 2.45) is 0 Å². The summed E-state index contributed by atoms with van der Waals surface area (Å²) in [6.07, 6.45) is 2.03. The number of pyridine rings is 1. The van der Waals surface area contributed by atoms with Crippen LogP contribution < -0.4 is 4.90 Å². The molecule has 2 aromatic heterocycles. The summed E-state index contributed by atoms with van der Waals surface area (Å²) in [6, 6.07) is 7.87. The number of anilines is 1. The number of nitrogens with zero attached hydrogens (tertiary/aromatic N) is 3. The predicted molar refractivity (Wildman–Crippen MR) is 78.8 cm³/mol. The van der Waals surface area contributed by atoms with Gasteiger partial charge < -0.3 is 9.64 Å². The van der Waals surface area contributed by atoms with E-state index in [9.17, 15) is 0 Å². The molecule has 0 unspecified atom stereocenters. The zero-order valence-electron chi connectivity index (χ0n) is 11.2. The van der Waals surface area contributed by atoms with Crippen LogP contribution in [0, 0.1) is 11.3 Å². The van der Waals surface area contributed by atoms with Gasteiger partial charge >= 0.3 is 0 Å². The van der Waals surface area contributed by atoms with Gasteiger partial charge in [0.25, 0.3) is 0 Å². The molecular formula is C15H15N3OS. The number of hydrogen-bond acceptors (Lipinski definition) is 5. The molecular weight excluding hydrogens is 270 g/mol. The van der Waals surface area contributed by atoms with Crippen LogP contribution in [-0.4, -0.2) is 24.2 Å². The van der Waals surface area contributed by atoms with Crippen molar-refractivity contribution < 1.29 is 4.74 Å². The number of hydrogen-bond donors (Lipinski definition) is 0. The summed E-state index contributed by atoms with van der Waals surface area (Å²) in [4.78, 5) is 6.41. The quantitative estimate of drug-likeness (QED) is 0.851. The van der Waals surface area contributed by atoms with Crippen LogP contribution in [0.25, 0.3) is 0 Å². The molecule has 0 radical (unpaired) electrons. The van der Waals surface area contributed by atoms with Crippen LogP contribution in [0.4, 0.5) is 5.69 Å². The normalized spacial score (nSPS) is 22.5. The first-order valence-corrected chi connectivity index (χ1v) is 7.49. The summed E-state index contributed by atoms with van der Waals surface area (Å²) in [7, 11) is 0. The van der Waals surface area contributed by atoms with Crippen molar-refractivity contribution in [3.63, 3.8) is 0 Å². The third-order valence-electron chi connectivity index (χ3n) is 3.40. The van der Waals surface area contributed by atoms with Crippen molar-refractivity contribution in [1.29, 1.82) is 5.26 Å². The smallest absolute Gasteiger partial charge is 0.140 e. The topological polar surface area (TPSA) is 49.2 Å². The second kappa shape index (κ2) is 5.61. The molecule has 0 N–H and O–H groups in total. The molecule has 1 fully saturated rings. The van der Waals surface area contributed by atoms with Gasteiger partial charge in [-0.05, 0) is 41.4 Å². The molecule has 4 nitrogen and oxygen atoms in total. The first-order valence-electron chi connectivity index (χ1n) is 6.55. The van der Waals surface area contributed by atoms with Crippen molar-refractivity contribution in [2.75, 3.05) is 18.0 Å². The van der Waals surface area contributed by atoms with Gasteiger partial charge in [0.1, 0.15) is 17.9 Å². The number of aromatic nitrogens is 1. The molecule has 1 saturated heterocycles. The summed E-state index contributed by atoms with van der Waals surface area (Å²) < 4.78 is 6.02. The highest BCUT2D eigenvalue weighted by atomic mass is 32.1. The predicted octanol–water partition coefficient (Wildman–Crippen LogP) is 2.98. The highest BCUT2D eigenvalue weighted by molar-refractivity contribution is 7.07. The lowest BCUT2D eigenvalue weighted by Gasteiger charge is -2.37. The summed E-state index contributed by atoms with van der Waals surface area (Å²) >= 11 is 1.69. The number of thiophene rings is 1. The van der Waals surface area contributed by atoms with Crippen molar-refractivity contribution in [2.45, 2.75) is 19.1 Å². The highest BCUT2D eigenvalue weighted by Crippen LogP contribution is 2.29. The van der Waals surface area contributed by atoms with E-state index in [0.29, 0.717) is 5.69 Å². The van der Waals surface area contributed by atoms with E-state index in [1.807, 2.05) is 12.1 Å². The molecule has 1 aliphatic rings. The summed E-state index contributed by atoms with van der Waals surface area (Å²) in [5.41, 5.74) is 2.72. The Kier molecular flexibility index (Phi) is 3.68. The Morgan fingerprint density at radius 3 is 2.95 bits per heavy atom. The summed E-state index contributed by atoms with van der Waals surface area (Å²) in [6.45, 7) is 3.74. The van der Waals surface area contributed by atoms with Gasteiger partial charge in [-0.25, -0.2) is 4.98 Å². The molecule has 5 heteroatoms. The van der Waals surface area contributed by atoms with Gasteiger partial charge in [0.15, 0.2) is 0 Å². The van der Waals surface area contributed by atoms with Crippen molar-refractivity contribution in [3.05, 3.63) is 46.4 Å². The van der Waals surface area contributed by atoms with Crippen LogP contribution in [0.15, 0.2) is 35.2 Å². The molecule has 0 saturated carbocycles. The summed E-state index contributed by atoms with van der Waals surface area (Å²) in [5.74, 6) is 0. The second-order valence-corrected chi connectivity index (χ2v) is 5.69. The molecule has 2 atom stereocenters. The molecule has 3 rings (SSSR count). The first-order chi connectivity index (χ1) is 9.76. The van der Waals surface area contributed by atoms with Gasteiger partial charge in [0.05, 0.1) is 18.0 Å². The maximum absolute atomic E-state index is 8.80. The third-order valence-corrected chi connectivity index (χ3v) is 4.10. The van der Waals surface area contributed by atoms with Gasteiger partial charge in [0, 0.05) is 13.1 Å². The molecule has 0 bridgehead atoms. The second-order valence-electron chi connectivity index (χ2n) is 4.91. The molecule has 0 spiro atoms. The lowest BCUT2D eigenvalue weighted by Crippen LogP contribution is -2.42. The summed E-state index contributed by atoms with van der Waals surface area (Å²) in [5, 5.41) is 13.0. The molecule has 3 heterocycles. The van der Waals surface area contributed by atoms with Crippen LogP contribution in [0.3, 0.4) is 0 Å². The van der Waals surface area contributed by atoms with E-state index in [-0.39, 0.29) is 12.2 Å². The van der Waals surface area contributed by atoms with E-state index in [2.05, 4.69) is 33.6 Å². The monoisotopic (exact) mass is 285 g/mol. The minimum Gasteiger partial charge on any atom is -0.367 e. The van der Waals surface area contributed by atoms with E-state index in [1.54, 1.807) is 23.6 Å². The van der Waals surface area contributed by atoms with Gasteiger partial charge in [0.2, 0.25) is 0 Å². The Balaban J connectivity index is 1.80. The van der Waals surface area contributed by atoms with Crippen molar-refractivity contribution >= 4 is 17.0 Å². The lowest BCUT2D eigenvalue weighted by molar-refractivity contribution is -0.0171. The van der Waals surface area contributed by atoms with E-state index in [4.69, 9.17) is 10.00 Å². The van der Waals surface area contributed by atoms with E-state index in [1.165, 1.54) is 5.56 Å². The maximum atomic E-state index is 8.80. The van der Waals surface area contributed by atoms with E-state index >= 15 is 0 Å². The van der Waals surface area contributed by atoms with E-state index < -0.39 is 0 Å². The fraction of sp³-hybridized carbons (Fsp3) is 0.333. The zero-order chi connectivity index (χ0) is 13.9. The molecule has 2 aromatic rings. The van der Waals surface area contributed by atoms with Crippen LogP contribution in [0.5, 0.6) is 0 Å². The Bertz CT molecular complexity index is 603. The first kappa shape index (κ1) is 13.1. The Morgan fingerprint density at radius 2 is 2.30 bits per heavy atom. The fourth-order valence-electron chi connectivity index (χ4n) is 2.44. The molecule has 20 heavy (non-hydrogen) atoms.